The summed E-state index contributed by atoms with van der Waals surface area (Å²) in [6, 6.07) is 0.119. The zero-order chi connectivity index (χ0) is 11.5. The summed E-state index contributed by atoms with van der Waals surface area (Å²) in [5.74, 6) is 0.516. The molecule has 0 spiro atoms. The maximum absolute atomic E-state index is 11.7. The number of nitrogens with zero attached hydrogens (tertiary/aromatic N) is 1. The Balaban J connectivity index is 2.76. The zero-order valence-electron chi connectivity index (χ0n) is 9.65. The molecule has 1 saturated carbocycles. The predicted octanol–water partition coefficient (Wildman–Crippen LogP) is 0.785. The van der Waals surface area contributed by atoms with E-state index in [1.54, 1.807) is 18.3 Å². The van der Waals surface area contributed by atoms with Crippen LogP contribution in [0.5, 0.6) is 0 Å². The van der Waals surface area contributed by atoms with Crippen LogP contribution in [0.25, 0.3) is 0 Å². The van der Waals surface area contributed by atoms with Gasteiger partial charge in [-0.25, -0.2) is 12.7 Å². The summed E-state index contributed by atoms with van der Waals surface area (Å²) in [6.07, 6.45) is 4.31. The van der Waals surface area contributed by atoms with Gasteiger partial charge < -0.3 is 5.73 Å². The van der Waals surface area contributed by atoms with Crippen LogP contribution in [0.3, 0.4) is 0 Å². The average molecular weight is 234 g/mol. The Morgan fingerprint density at radius 1 is 1.33 bits per heavy atom. The zero-order valence-corrected chi connectivity index (χ0v) is 10.5. The molecule has 0 aromatic rings. The highest BCUT2D eigenvalue weighted by Crippen LogP contribution is 2.28. The van der Waals surface area contributed by atoms with E-state index < -0.39 is 10.0 Å². The summed E-state index contributed by atoms with van der Waals surface area (Å²) in [4.78, 5) is 0. The lowest BCUT2D eigenvalue weighted by Gasteiger charge is -2.36. The Kier molecular flexibility index (Phi) is 4.55. The Morgan fingerprint density at radius 2 is 1.93 bits per heavy atom. The van der Waals surface area contributed by atoms with E-state index in [0.717, 1.165) is 19.3 Å². The van der Waals surface area contributed by atoms with E-state index in [0.29, 0.717) is 12.5 Å². The van der Waals surface area contributed by atoms with Gasteiger partial charge in [-0.2, -0.15) is 0 Å². The lowest BCUT2D eigenvalue weighted by Crippen LogP contribution is -2.46. The van der Waals surface area contributed by atoms with Crippen LogP contribution in [0, 0.1) is 5.92 Å². The molecule has 0 heterocycles. The molecule has 4 nitrogen and oxygen atoms in total. The SMILES string of the molecule is CCS(=O)(=O)N(C)C1CCCCC1CN. The van der Waals surface area contributed by atoms with Crippen LogP contribution in [0.4, 0.5) is 0 Å². The van der Waals surface area contributed by atoms with Crippen LogP contribution in [-0.2, 0) is 10.0 Å². The Morgan fingerprint density at radius 3 is 2.47 bits per heavy atom. The standard InChI is InChI=1S/C10H22N2O2S/c1-3-15(13,14)12(2)10-7-5-4-6-9(10)8-11/h9-10H,3-8,11H2,1-2H3. The highest BCUT2D eigenvalue weighted by molar-refractivity contribution is 7.89. The minimum Gasteiger partial charge on any atom is -0.330 e. The molecule has 90 valence electrons. The van der Waals surface area contributed by atoms with Crippen molar-refractivity contribution >= 4 is 10.0 Å². The van der Waals surface area contributed by atoms with Crippen molar-refractivity contribution in [1.82, 2.24) is 4.31 Å². The van der Waals surface area contributed by atoms with Crippen molar-refractivity contribution < 1.29 is 8.42 Å². The van der Waals surface area contributed by atoms with Crippen LogP contribution in [-0.4, -0.2) is 38.1 Å². The van der Waals surface area contributed by atoms with Gasteiger partial charge in [0, 0.05) is 13.1 Å². The Hall–Kier alpha value is -0.130. The molecule has 1 fully saturated rings. The molecule has 0 aromatic carbocycles. The Labute approximate surface area is 92.9 Å². The fraction of sp³-hybridized carbons (Fsp3) is 1.00. The van der Waals surface area contributed by atoms with Crippen molar-refractivity contribution in [1.29, 1.82) is 0 Å². The van der Waals surface area contributed by atoms with E-state index in [-0.39, 0.29) is 11.8 Å². The quantitative estimate of drug-likeness (QED) is 0.782. The molecule has 2 unspecified atom stereocenters. The number of hydrogen-bond acceptors (Lipinski definition) is 3. The van der Waals surface area contributed by atoms with E-state index in [2.05, 4.69) is 0 Å². The lowest BCUT2D eigenvalue weighted by molar-refractivity contribution is 0.204. The van der Waals surface area contributed by atoms with Crippen LogP contribution in [0.15, 0.2) is 0 Å². The van der Waals surface area contributed by atoms with Gasteiger partial charge in [0.25, 0.3) is 0 Å². The second kappa shape index (κ2) is 5.27. The third-order valence-electron chi connectivity index (χ3n) is 3.44. The average Bonchev–Trinajstić information content (AvgIpc) is 2.28. The molecule has 5 heteroatoms. The largest absolute Gasteiger partial charge is 0.330 e. The van der Waals surface area contributed by atoms with Gasteiger partial charge in [-0.05, 0) is 32.2 Å². The second-order valence-corrected chi connectivity index (χ2v) is 6.58. The van der Waals surface area contributed by atoms with Gasteiger partial charge >= 0.3 is 0 Å². The monoisotopic (exact) mass is 234 g/mol. The van der Waals surface area contributed by atoms with E-state index >= 15 is 0 Å². The minimum atomic E-state index is -3.06. The van der Waals surface area contributed by atoms with Gasteiger partial charge in [-0.3, -0.25) is 0 Å². The normalized spacial score (nSPS) is 28.3. The van der Waals surface area contributed by atoms with Crippen molar-refractivity contribution in [3.05, 3.63) is 0 Å². The first kappa shape index (κ1) is 12.9. The van der Waals surface area contributed by atoms with Crippen LogP contribution in [0.2, 0.25) is 0 Å². The fourth-order valence-corrected chi connectivity index (χ4v) is 3.45. The van der Waals surface area contributed by atoms with E-state index in [4.69, 9.17) is 5.73 Å². The summed E-state index contributed by atoms with van der Waals surface area (Å²) in [6.45, 7) is 2.28. The first-order valence-corrected chi connectivity index (χ1v) is 7.29. The predicted molar refractivity (Wildman–Crippen MR) is 62.0 cm³/mol. The van der Waals surface area contributed by atoms with E-state index in [1.807, 2.05) is 0 Å². The Bertz CT molecular complexity index is 290. The number of sulfonamides is 1. The molecule has 0 radical (unpaired) electrons. The first-order chi connectivity index (χ1) is 7.03. The molecule has 0 amide bonds. The molecule has 0 saturated heterocycles. The highest BCUT2D eigenvalue weighted by atomic mass is 32.2. The molecule has 2 atom stereocenters. The molecule has 2 N–H and O–H groups in total. The maximum atomic E-state index is 11.7. The smallest absolute Gasteiger partial charge is 0.213 e. The summed E-state index contributed by atoms with van der Waals surface area (Å²) in [5, 5.41) is 0. The third-order valence-corrected chi connectivity index (χ3v) is 5.32. The lowest BCUT2D eigenvalue weighted by atomic mass is 9.85. The van der Waals surface area contributed by atoms with E-state index in [9.17, 15) is 8.42 Å². The van der Waals surface area contributed by atoms with Crippen LogP contribution >= 0.6 is 0 Å². The molecule has 1 rings (SSSR count). The van der Waals surface area contributed by atoms with E-state index in [1.165, 1.54) is 6.42 Å². The summed E-state index contributed by atoms with van der Waals surface area (Å²) in [7, 11) is -1.37. The van der Waals surface area contributed by atoms with Crippen molar-refractivity contribution in [2.45, 2.75) is 38.6 Å². The van der Waals surface area contributed by atoms with Gasteiger partial charge in [0.1, 0.15) is 0 Å². The van der Waals surface area contributed by atoms with Crippen molar-refractivity contribution in [3.63, 3.8) is 0 Å². The molecule has 1 aliphatic rings. The van der Waals surface area contributed by atoms with Crippen molar-refractivity contribution in [2.75, 3.05) is 19.3 Å². The second-order valence-electron chi connectivity index (χ2n) is 4.26. The van der Waals surface area contributed by atoms with Gasteiger partial charge in [-0.15, -0.1) is 0 Å². The molecule has 15 heavy (non-hydrogen) atoms. The molecule has 1 aliphatic carbocycles. The van der Waals surface area contributed by atoms with Gasteiger partial charge in [0.15, 0.2) is 0 Å². The van der Waals surface area contributed by atoms with Gasteiger partial charge in [0.2, 0.25) is 10.0 Å². The molecular formula is C10H22N2O2S. The van der Waals surface area contributed by atoms with Crippen molar-refractivity contribution in [2.24, 2.45) is 11.7 Å². The summed E-state index contributed by atoms with van der Waals surface area (Å²) < 4.78 is 25.0. The molecule has 0 bridgehead atoms. The number of nitrogens with two attached hydrogens (primary N) is 1. The van der Waals surface area contributed by atoms with Gasteiger partial charge in [-0.1, -0.05) is 12.8 Å². The van der Waals surface area contributed by atoms with Gasteiger partial charge in [0.05, 0.1) is 5.75 Å². The first-order valence-electron chi connectivity index (χ1n) is 5.68. The minimum absolute atomic E-state index is 0.119. The van der Waals surface area contributed by atoms with Crippen molar-refractivity contribution in [3.8, 4) is 0 Å². The number of rotatable bonds is 4. The van der Waals surface area contributed by atoms with Crippen LogP contribution < -0.4 is 5.73 Å². The molecular weight excluding hydrogens is 212 g/mol. The third kappa shape index (κ3) is 2.92. The highest BCUT2D eigenvalue weighted by Gasteiger charge is 2.32. The summed E-state index contributed by atoms with van der Waals surface area (Å²) >= 11 is 0. The topological polar surface area (TPSA) is 63.4 Å². The molecule has 0 aromatic heterocycles. The number of hydrogen-bond donors (Lipinski definition) is 1. The summed E-state index contributed by atoms with van der Waals surface area (Å²) in [5.41, 5.74) is 5.69. The fourth-order valence-electron chi connectivity index (χ4n) is 2.35. The maximum Gasteiger partial charge on any atom is 0.213 e. The molecule has 0 aliphatic heterocycles. The van der Waals surface area contributed by atoms with Crippen LogP contribution in [0.1, 0.15) is 32.6 Å².